The zero-order valence-electron chi connectivity index (χ0n) is 11.2. The normalized spacial score (nSPS) is 16.7. The van der Waals surface area contributed by atoms with Crippen molar-refractivity contribution in [2.75, 3.05) is 11.9 Å². The van der Waals surface area contributed by atoms with E-state index in [-0.39, 0.29) is 6.10 Å². The van der Waals surface area contributed by atoms with E-state index in [4.69, 9.17) is 4.74 Å². The van der Waals surface area contributed by atoms with Crippen LogP contribution in [0.25, 0.3) is 5.65 Å². The zero-order chi connectivity index (χ0) is 14.2. The molecule has 0 fully saturated rings. The van der Waals surface area contributed by atoms with Crippen molar-refractivity contribution in [2.45, 2.75) is 12.5 Å². The second-order valence-electron chi connectivity index (χ2n) is 4.99. The van der Waals surface area contributed by atoms with Crippen LogP contribution in [0.2, 0.25) is 0 Å². The lowest BCUT2D eigenvalue weighted by Crippen LogP contribution is -2.24. The van der Waals surface area contributed by atoms with E-state index in [0.29, 0.717) is 12.5 Å². The molecule has 5 nitrogen and oxygen atoms in total. The maximum atomic E-state index is 5.89. The summed E-state index contributed by atoms with van der Waals surface area (Å²) in [6.45, 7) is 0.684. The predicted octanol–water partition coefficient (Wildman–Crippen LogP) is 2.91. The van der Waals surface area contributed by atoms with Crippen LogP contribution in [0.5, 0.6) is 5.75 Å². The van der Waals surface area contributed by atoms with Crippen LogP contribution in [-0.4, -0.2) is 27.2 Å². The van der Waals surface area contributed by atoms with Gasteiger partial charge in [-0.3, -0.25) is 0 Å². The fourth-order valence-electron chi connectivity index (χ4n) is 2.52. The highest BCUT2D eigenvalue weighted by Gasteiger charge is 2.22. The first-order valence-electron chi connectivity index (χ1n) is 6.79. The van der Waals surface area contributed by atoms with Gasteiger partial charge in [-0.25, -0.2) is 4.52 Å². The molecule has 21 heavy (non-hydrogen) atoms. The maximum Gasteiger partial charge on any atom is 0.243 e. The monoisotopic (exact) mass is 344 g/mol. The zero-order valence-corrected chi connectivity index (χ0v) is 12.7. The molecule has 1 aliphatic heterocycles. The lowest BCUT2D eigenvalue weighted by molar-refractivity contribution is 0.246. The Balaban J connectivity index is 1.46. The molecule has 2 aromatic heterocycles. The smallest absolute Gasteiger partial charge is 0.243 e. The molecule has 1 atom stereocenters. The van der Waals surface area contributed by atoms with Crippen LogP contribution in [0.1, 0.15) is 5.56 Å². The quantitative estimate of drug-likeness (QED) is 0.793. The van der Waals surface area contributed by atoms with E-state index in [9.17, 15) is 0 Å². The number of nitrogens with one attached hydrogen (secondary N) is 1. The minimum Gasteiger partial charge on any atom is -0.488 e. The summed E-state index contributed by atoms with van der Waals surface area (Å²) in [5.74, 6) is 1.59. The van der Waals surface area contributed by atoms with Crippen LogP contribution < -0.4 is 10.1 Å². The van der Waals surface area contributed by atoms with Gasteiger partial charge in [0.1, 0.15) is 11.9 Å². The van der Waals surface area contributed by atoms with Crippen molar-refractivity contribution in [3.05, 3.63) is 52.6 Å². The van der Waals surface area contributed by atoms with E-state index in [0.717, 1.165) is 22.3 Å². The summed E-state index contributed by atoms with van der Waals surface area (Å²) in [7, 11) is 0. The highest BCUT2D eigenvalue weighted by atomic mass is 79.9. The summed E-state index contributed by atoms with van der Waals surface area (Å²) >= 11 is 3.47. The lowest BCUT2D eigenvalue weighted by atomic mass is 10.1. The van der Waals surface area contributed by atoms with Crippen LogP contribution in [-0.2, 0) is 6.42 Å². The Hall–Kier alpha value is -2.08. The van der Waals surface area contributed by atoms with E-state index in [1.54, 1.807) is 4.52 Å². The number of para-hydroxylation sites is 1. The lowest BCUT2D eigenvalue weighted by Gasteiger charge is -2.10. The second kappa shape index (κ2) is 5.04. The Kier molecular flexibility index (Phi) is 3.03. The van der Waals surface area contributed by atoms with Crippen LogP contribution >= 0.6 is 15.9 Å². The minimum atomic E-state index is 0.123. The molecule has 3 aromatic rings. The Labute approximate surface area is 130 Å². The molecule has 3 heterocycles. The van der Waals surface area contributed by atoms with Crippen molar-refractivity contribution >= 4 is 27.5 Å². The minimum absolute atomic E-state index is 0.123. The molecule has 1 unspecified atom stereocenters. The molecule has 4 rings (SSSR count). The molecular formula is C15H13BrN4O. The molecule has 6 heteroatoms. The van der Waals surface area contributed by atoms with Gasteiger partial charge in [-0.1, -0.05) is 18.2 Å². The highest BCUT2D eigenvalue weighted by molar-refractivity contribution is 9.10. The third kappa shape index (κ3) is 2.35. The largest absolute Gasteiger partial charge is 0.488 e. The average molecular weight is 345 g/mol. The standard InChI is InChI=1S/C15H13BrN4O/c16-12-5-3-7-20-14(12)18-15(19-20)17-9-11-8-10-4-1-2-6-13(10)21-11/h1-7,11H,8-9H2,(H,17,19). The number of nitrogens with zero attached hydrogens (tertiary/aromatic N) is 3. The summed E-state index contributed by atoms with van der Waals surface area (Å²) in [6.07, 6.45) is 2.91. The van der Waals surface area contributed by atoms with Gasteiger partial charge in [0, 0.05) is 12.6 Å². The second-order valence-corrected chi connectivity index (χ2v) is 5.85. The van der Waals surface area contributed by atoms with Gasteiger partial charge < -0.3 is 10.1 Å². The first-order valence-corrected chi connectivity index (χ1v) is 7.58. The van der Waals surface area contributed by atoms with Crippen molar-refractivity contribution in [1.29, 1.82) is 0 Å². The van der Waals surface area contributed by atoms with E-state index in [2.05, 4.69) is 37.4 Å². The first-order chi connectivity index (χ1) is 10.3. The van der Waals surface area contributed by atoms with Gasteiger partial charge in [-0.15, -0.1) is 5.10 Å². The van der Waals surface area contributed by atoms with Crippen LogP contribution in [0.4, 0.5) is 5.95 Å². The number of ether oxygens (including phenoxy) is 1. The van der Waals surface area contributed by atoms with Crippen LogP contribution in [0.3, 0.4) is 0 Å². The van der Waals surface area contributed by atoms with Gasteiger partial charge in [0.25, 0.3) is 0 Å². The number of hydrogen-bond donors (Lipinski definition) is 1. The fraction of sp³-hybridized carbons (Fsp3) is 0.200. The Morgan fingerprint density at radius 1 is 1.29 bits per heavy atom. The third-order valence-corrected chi connectivity index (χ3v) is 4.14. The summed E-state index contributed by atoms with van der Waals surface area (Å²) < 4.78 is 8.57. The maximum absolute atomic E-state index is 5.89. The van der Waals surface area contributed by atoms with E-state index in [1.165, 1.54) is 5.56 Å². The molecule has 1 N–H and O–H groups in total. The molecule has 0 aliphatic carbocycles. The molecule has 106 valence electrons. The number of aromatic nitrogens is 3. The number of anilines is 1. The van der Waals surface area contributed by atoms with Crippen molar-refractivity contribution in [1.82, 2.24) is 14.6 Å². The van der Waals surface area contributed by atoms with Gasteiger partial charge in [-0.05, 0) is 39.7 Å². The summed E-state index contributed by atoms with van der Waals surface area (Å²) in [6, 6.07) is 12.0. The number of fused-ring (bicyclic) bond motifs is 2. The van der Waals surface area contributed by atoms with Crippen molar-refractivity contribution in [3.63, 3.8) is 0 Å². The molecule has 0 bridgehead atoms. The summed E-state index contributed by atoms with van der Waals surface area (Å²) in [4.78, 5) is 4.46. The van der Waals surface area contributed by atoms with Gasteiger partial charge in [-0.2, -0.15) is 4.98 Å². The van der Waals surface area contributed by atoms with Crippen molar-refractivity contribution in [2.24, 2.45) is 0 Å². The van der Waals surface area contributed by atoms with Crippen molar-refractivity contribution < 1.29 is 4.74 Å². The molecule has 0 saturated carbocycles. The SMILES string of the molecule is Brc1cccn2nc(NCC3Cc4ccccc4O3)nc12. The van der Waals surface area contributed by atoms with Crippen LogP contribution in [0.15, 0.2) is 47.1 Å². The molecule has 0 radical (unpaired) electrons. The Morgan fingerprint density at radius 2 is 2.19 bits per heavy atom. The summed E-state index contributed by atoms with van der Waals surface area (Å²) in [5, 5.41) is 7.64. The number of benzene rings is 1. The molecular weight excluding hydrogens is 332 g/mol. The first kappa shape index (κ1) is 12.6. The van der Waals surface area contributed by atoms with Crippen LogP contribution in [0, 0.1) is 0 Å². The topological polar surface area (TPSA) is 51.5 Å². The predicted molar refractivity (Wildman–Crippen MR) is 83.7 cm³/mol. The van der Waals surface area contributed by atoms with E-state index in [1.807, 2.05) is 36.5 Å². The van der Waals surface area contributed by atoms with Gasteiger partial charge in [0.15, 0.2) is 5.65 Å². The van der Waals surface area contributed by atoms with E-state index >= 15 is 0 Å². The number of pyridine rings is 1. The van der Waals surface area contributed by atoms with Gasteiger partial charge in [0.2, 0.25) is 5.95 Å². The number of rotatable bonds is 3. The van der Waals surface area contributed by atoms with Gasteiger partial charge in [0.05, 0.1) is 11.0 Å². The number of halogens is 1. The molecule has 0 amide bonds. The average Bonchev–Trinajstić information content (AvgIpc) is 3.09. The number of hydrogen-bond acceptors (Lipinski definition) is 4. The van der Waals surface area contributed by atoms with Gasteiger partial charge >= 0.3 is 0 Å². The molecule has 0 spiro atoms. The van der Waals surface area contributed by atoms with E-state index < -0.39 is 0 Å². The Morgan fingerprint density at radius 3 is 3.05 bits per heavy atom. The summed E-state index contributed by atoms with van der Waals surface area (Å²) in [5.41, 5.74) is 2.06. The fourth-order valence-corrected chi connectivity index (χ4v) is 2.94. The molecule has 0 saturated heterocycles. The Bertz CT molecular complexity index is 776. The third-order valence-electron chi connectivity index (χ3n) is 3.52. The van der Waals surface area contributed by atoms with Crippen molar-refractivity contribution in [3.8, 4) is 5.75 Å². The molecule has 1 aromatic carbocycles. The molecule has 1 aliphatic rings. The highest BCUT2D eigenvalue weighted by Crippen LogP contribution is 2.28.